The van der Waals surface area contributed by atoms with Crippen molar-refractivity contribution in [2.45, 2.75) is 19.1 Å². The van der Waals surface area contributed by atoms with Gasteiger partial charge in [-0.25, -0.2) is 0 Å². The Bertz CT molecular complexity index is 669. The smallest absolute Gasteiger partial charge is 0.455 e. The Hall–Kier alpha value is -2.25. The van der Waals surface area contributed by atoms with Gasteiger partial charge in [-0.3, -0.25) is 4.79 Å². The van der Waals surface area contributed by atoms with Crippen molar-refractivity contribution in [3.63, 3.8) is 0 Å². The van der Waals surface area contributed by atoms with E-state index >= 15 is 0 Å². The van der Waals surface area contributed by atoms with Gasteiger partial charge in [-0.2, -0.15) is 9.78 Å². The number of aryl methyl sites for hydroxylation is 2. The standard InChI is InChI=1S/C11H8F3N3O2/c12-11(13,14)17-4-5-1-2-7-6(9(5)16-17)3-8(19-7)10(15)18/h3-4H,1-2H2,(H2,15,18). The van der Waals surface area contributed by atoms with E-state index in [0.717, 1.165) is 6.20 Å². The number of hydrogen-bond acceptors (Lipinski definition) is 3. The van der Waals surface area contributed by atoms with Gasteiger partial charge < -0.3 is 10.2 Å². The summed E-state index contributed by atoms with van der Waals surface area (Å²) < 4.78 is 42.9. The van der Waals surface area contributed by atoms with Crippen LogP contribution in [0.25, 0.3) is 11.3 Å². The van der Waals surface area contributed by atoms with Crippen LogP contribution in [0.15, 0.2) is 16.7 Å². The summed E-state index contributed by atoms with van der Waals surface area (Å²) in [4.78, 5) is 11.0. The first kappa shape index (κ1) is 11.8. The van der Waals surface area contributed by atoms with E-state index in [1.165, 1.54) is 6.07 Å². The summed E-state index contributed by atoms with van der Waals surface area (Å²) in [6.07, 6.45) is -2.81. The summed E-state index contributed by atoms with van der Waals surface area (Å²) in [7, 11) is 0. The fraction of sp³-hybridized carbons (Fsp3) is 0.273. The van der Waals surface area contributed by atoms with Crippen molar-refractivity contribution in [2.75, 3.05) is 0 Å². The zero-order chi connectivity index (χ0) is 13.8. The van der Waals surface area contributed by atoms with Crippen LogP contribution in [-0.2, 0) is 19.1 Å². The molecule has 19 heavy (non-hydrogen) atoms. The summed E-state index contributed by atoms with van der Waals surface area (Å²) in [5, 5.41) is 3.52. The quantitative estimate of drug-likeness (QED) is 0.859. The lowest BCUT2D eigenvalue weighted by Gasteiger charge is -2.07. The molecule has 5 nitrogen and oxygen atoms in total. The summed E-state index contributed by atoms with van der Waals surface area (Å²) >= 11 is 0. The highest BCUT2D eigenvalue weighted by Crippen LogP contribution is 2.36. The van der Waals surface area contributed by atoms with Gasteiger partial charge in [0.15, 0.2) is 5.76 Å². The Balaban J connectivity index is 2.13. The van der Waals surface area contributed by atoms with E-state index in [1.807, 2.05) is 0 Å². The van der Waals surface area contributed by atoms with E-state index in [1.54, 1.807) is 0 Å². The van der Waals surface area contributed by atoms with E-state index in [-0.39, 0.29) is 16.1 Å². The molecule has 0 unspecified atom stereocenters. The van der Waals surface area contributed by atoms with E-state index in [4.69, 9.17) is 10.2 Å². The Labute approximate surface area is 104 Å². The van der Waals surface area contributed by atoms with Crippen LogP contribution < -0.4 is 5.73 Å². The molecule has 2 heterocycles. The van der Waals surface area contributed by atoms with Crippen LogP contribution in [0.2, 0.25) is 0 Å². The highest BCUT2D eigenvalue weighted by Gasteiger charge is 2.35. The number of rotatable bonds is 1. The van der Waals surface area contributed by atoms with Crippen LogP contribution in [0.5, 0.6) is 0 Å². The summed E-state index contributed by atoms with van der Waals surface area (Å²) in [6.45, 7) is 0. The number of amides is 1. The molecule has 0 saturated heterocycles. The maximum Gasteiger partial charge on any atom is 0.504 e. The number of halogens is 3. The van der Waals surface area contributed by atoms with Crippen molar-refractivity contribution in [1.29, 1.82) is 0 Å². The highest BCUT2D eigenvalue weighted by atomic mass is 19.4. The molecule has 2 aromatic heterocycles. The summed E-state index contributed by atoms with van der Waals surface area (Å²) in [5.41, 5.74) is 6.15. The average Bonchev–Trinajstić information content (AvgIpc) is 2.90. The van der Waals surface area contributed by atoms with E-state index in [9.17, 15) is 18.0 Å². The predicted octanol–water partition coefficient (Wildman–Crippen LogP) is 1.82. The second-order valence-electron chi connectivity index (χ2n) is 4.23. The van der Waals surface area contributed by atoms with Crippen LogP contribution in [0.1, 0.15) is 21.9 Å². The molecule has 2 aromatic rings. The van der Waals surface area contributed by atoms with Gasteiger partial charge in [0, 0.05) is 18.2 Å². The molecule has 1 aliphatic rings. The second-order valence-corrected chi connectivity index (χ2v) is 4.23. The van der Waals surface area contributed by atoms with Crippen LogP contribution in [0.3, 0.4) is 0 Å². The SMILES string of the molecule is NC(=O)c1cc2c(o1)CCc1cn(C(F)(F)F)nc1-2. The molecule has 1 amide bonds. The topological polar surface area (TPSA) is 74.1 Å². The lowest BCUT2D eigenvalue weighted by molar-refractivity contribution is -0.212. The van der Waals surface area contributed by atoms with Crippen molar-refractivity contribution >= 4 is 5.91 Å². The molecule has 8 heteroatoms. The van der Waals surface area contributed by atoms with Gasteiger partial charge in [0.05, 0.1) is 5.69 Å². The molecular weight excluding hydrogens is 263 g/mol. The molecule has 100 valence electrons. The average molecular weight is 271 g/mol. The first-order valence-corrected chi connectivity index (χ1v) is 5.45. The normalized spacial score (nSPS) is 14.1. The Morgan fingerprint density at radius 1 is 1.42 bits per heavy atom. The maximum absolute atomic E-state index is 12.6. The monoisotopic (exact) mass is 271 g/mol. The molecule has 0 aliphatic heterocycles. The summed E-state index contributed by atoms with van der Waals surface area (Å²) in [5.74, 6) is -0.390. The van der Waals surface area contributed by atoms with Gasteiger partial charge in [-0.05, 0) is 18.1 Å². The minimum Gasteiger partial charge on any atom is -0.455 e. The van der Waals surface area contributed by atoms with Crippen LogP contribution >= 0.6 is 0 Å². The first-order chi connectivity index (χ1) is 8.86. The number of carbonyl (C=O) groups is 1. The number of hydrogen-bond donors (Lipinski definition) is 1. The third-order valence-electron chi connectivity index (χ3n) is 2.98. The molecule has 2 N–H and O–H groups in total. The molecule has 0 saturated carbocycles. The largest absolute Gasteiger partial charge is 0.504 e. The third-order valence-corrected chi connectivity index (χ3v) is 2.98. The fourth-order valence-electron chi connectivity index (χ4n) is 2.13. The van der Waals surface area contributed by atoms with Gasteiger partial charge in [0.2, 0.25) is 0 Å². The van der Waals surface area contributed by atoms with Crippen LogP contribution in [0.4, 0.5) is 13.2 Å². The van der Waals surface area contributed by atoms with Gasteiger partial charge in [-0.1, -0.05) is 0 Å². The second kappa shape index (κ2) is 3.62. The molecular formula is C11H8F3N3O2. The predicted molar refractivity (Wildman–Crippen MR) is 57.2 cm³/mol. The van der Waals surface area contributed by atoms with Crippen molar-refractivity contribution in [3.05, 3.63) is 29.3 Å². The molecule has 0 aromatic carbocycles. The molecule has 0 radical (unpaired) electrons. The number of carbonyl (C=O) groups excluding carboxylic acids is 1. The van der Waals surface area contributed by atoms with Crippen molar-refractivity contribution in [1.82, 2.24) is 9.78 Å². The summed E-state index contributed by atoms with van der Waals surface area (Å²) in [6, 6.07) is 1.34. The van der Waals surface area contributed by atoms with E-state index in [0.29, 0.717) is 29.7 Å². The Kier molecular flexibility index (Phi) is 2.25. The molecule has 0 bridgehead atoms. The lowest BCUT2D eigenvalue weighted by atomic mass is 9.97. The number of aromatic nitrogens is 2. The van der Waals surface area contributed by atoms with Crippen molar-refractivity contribution in [3.8, 4) is 11.3 Å². The number of fused-ring (bicyclic) bond motifs is 3. The molecule has 0 spiro atoms. The highest BCUT2D eigenvalue weighted by molar-refractivity contribution is 5.92. The van der Waals surface area contributed by atoms with Crippen molar-refractivity contribution < 1.29 is 22.4 Å². The fourth-order valence-corrected chi connectivity index (χ4v) is 2.13. The maximum atomic E-state index is 12.6. The number of alkyl halides is 3. The number of nitrogens with two attached hydrogens (primary N) is 1. The van der Waals surface area contributed by atoms with Gasteiger partial charge in [0.25, 0.3) is 5.91 Å². The van der Waals surface area contributed by atoms with E-state index in [2.05, 4.69) is 5.10 Å². The zero-order valence-corrected chi connectivity index (χ0v) is 9.49. The Morgan fingerprint density at radius 2 is 2.16 bits per heavy atom. The van der Waals surface area contributed by atoms with Gasteiger partial charge in [-0.15, -0.1) is 13.2 Å². The Morgan fingerprint density at radius 3 is 2.79 bits per heavy atom. The zero-order valence-electron chi connectivity index (χ0n) is 9.49. The lowest BCUT2D eigenvalue weighted by Crippen LogP contribution is -2.17. The van der Waals surface area contributed by atoms with Gasteiger partial charge >= 0.3 is 6.30 Å². The number of nitrogens with zero attached hydrogens (tertiary/aromatic N) is 2. The molecule has 0 atom stereocenters. The van der Waals surface area contributed by atoms with E-state index < -0.39 is 12.2 Å². The number of primary amides is 1. The van der Waals surface area contributed by atoms with Crippen molar-refractivity contribution in [2.24, 2.45) is 5.73 Å². The minimum absolute atomic E-state index is 0.0380. The number of furan rings is 1. The van der Waals surface area contributed by atoms with Gasteiger partial charge in [0.1, 0.15) is 5.76 Å². The first-order valence-electron chi connectivity index (χ1n) is 5.45. The van der Waals surface area contributed by atoms with Crippen LogP contribution in [-0.4, -0.2) is 15.7 Å². The van der Waals surface area contributed by atoms with Crippen LogP contribution in [0, 0.1) is 0 Å². The molecule has 0 fully saturated rings. The molecule has 3 rings (SSSR count). The molecule has 1 aliphatic carbocycles. The third kappa shape index (κ3) is 1.79. The minimum atomic E-state index is -4.56.